The maximum atomic E-state index is 12.0. The summed E-state index contributed by atoms with van der Waals surface area (Å²) in [7, 11) is 3.08. The molecule has 0 saturated carbocycles. The lowest BCUT2D eigenvalue weighted by atomic mass is 10.2. The monoisotopic (exact) mass is 344 g/mol. The fourth-order valence-electron chi connectivity index (χ4n) is 2.05. The molecule has 0 spiro atoms. The van der Waals surface area contributed by atoms with Gasteiger partial charge in [-0.3, -0.25) is 9.59 Å². The lowest BCUT2D eigenvalue weighted by Gasteiger charge is -2.11. The van der Waals surface area contributed by atoms with Crippen LogP contribution < -0.4 is 24.8 Å². The van der Waals surface area contributed by atoms with Crippen LogP contribution in [-0.4, -0.2) is 32.6 Å². The Hall–Kier alpha value is -3.22. The van der Waals surface area contributed by atoms with Crippen molar-refractivity contribution >= 4 is 23.2 Å². The molecule has 25 heavy (non-hydrogen) atoms. The standard InChI is InChI=1S/C18H20N2O5/c1-12(21)19-13-4-6-14(7-5-13)20-18(22)11-25-17-9-15(23-2)8-16(10-17)24-3/h4-10H,11H2,1-3H3,(H,19,21)(H,20,22). The quantitative estimate of drug-likeness (QED) is 0.806. The van der Waals surface area contributed by atoms with E-state index in [2.05, 4.69) is 10.6 Å². The predicted octanol–water partition coefficient (Wildman–Crippen LogP) is 2.68. The third-order valence-electron chi connectivity index (χ3n) is 3.18. The van der Waals surface area contributed by atoms with Crippen molar-refractivity contribution in [3.05, 3.63) is 42.5 Å². The first-order valence-corrected chi connectivity index (χ1v) is 7.53. The average Bonchev–Trinajstić information content (AvgIpc) is 2.61. The van der Waals surface area contributed by atoms with Crippen molar-refractivity contribution < 1.29 is 23.8 Å². The lowest BCUT2D eigenvalue weighted by Crippen LogP contribution is -2.20. The van der Waals surface area contributed by atoms with E-state index in [0.29, 0.717) is 28.6 Å². The van der Waals surface area contributed by atoms with Gasteiger partial charge in [-0.1, -0.05) is 0 Å². The van der Waals surface area contributed by atoms with Gasteiger partial charge in [0.2, 0.25) is 5.91 Å². The van der Waals surface area contributed by atoms with E-state index in [1.807, 2.05) is 0 Å². The number of methoxy groups -OCH3 is 2. The van der Waals surface area contributed by atoms with E-state index < -0.39 is 0 Å². The highest BCUT2D eigenvalue weighted by Crippen LogP contribution is 2.27. The molecule has 0 bridgehead atoms. The Balaban J connectivity index is 1.91. The Kier molecular flexibility index (Phi) is 6.22. The molecule has 132 valence electrons. The van der Waals surface area contributed by atoms with E-state index in [1.165, 1.54) is 21.1 Å². The van der Waals surface area contributed by atoms with Gasteiger partial charge >= 0.3 is 0 Å². The molecule has 7 nitrogen and oxygen atoms in total. The molecule has 2 aromatic carbocycles. The van der Waals surface area contributed by atoms with Crippen molar-refractivity contribution in [1.82, 2.24) is 0 Å². The first-order chi connectivity index (χ1) is 12.0. The summed E-state index contributed by atoms with van der Waals surface area (Å²) in [5.74, 6) is 1.15. The summed E-state index contributed by atoms with van der Waals surface area (Å²) in [6, 6.07) is 11.8. The van der Waals surface area contributed by atoms with E-state index in [9.17, 15) is 9.59 Å². The van der Waals surface area contributed by atoms with Crippen molar-refractivity contribution in [2.24, 2.45) is 0 Å². The Morgan fingerprint density at radius 1 is 0.840 bits per heavy atom. The van der Waals surface area contributed by atoms with Crippen LogP contribution >= 0.6 is 0 Å². The van der Waals surface area contributed by atoms with Crippen molar-refractivity contribution in [1.29, 1.82) is 0 Å². The number of hydrogen-bond donors (Lipinski definition) is 2. The van der Waals surface area contributed by atoms with Gasteiger partial charge in [0.15, 0.2) is 6.61 Å². The molecule has 0 heterocycles. The zero-order valence-corrected chi connectivity index (χ0v) is 14.3. The van der Waals surface area contributed by atoms with E-state index in [0.717, 1.165) is 0 Å². The van der Waals surface area contributed by atoms with Gasteiger partial charge in [0.05, 0.1) is 14.2 Å². The zero-order chi connectivity index (χ0) is 18.2. The lowest BCUT2D eigenvalue weighted by molar-refractivity contribution is -0.118. The van der Waals surface area contributed by atoms with Gasteiger partial charge in [0, 0.05) is 36.5 Å². The highest BCUT2D eigenvalue weighted by Gasteiger charge is 2.07. The summed E-state index contributed by atoms with van der Waals surface area (Å²) in [5.41, 5.74) is 1.26. The summed E-state index contributed by atoms with van der Waals surface area (Å²) >= 11 is 0. The van der Waals surface area contributed by atoms with E-state index in [-0.39, 0.29) is 18.4 Å². The van der Waals surface area contributed by atoms with Crippen LogP contribution in [0, 0.1) is 0 Å². The smallest absolute Gasteiger partial charge is 0.262 e. The minimum atomic E-state index is -0.311. The topological polar surface area (TPSA) is 85.9 Å². The van der Waals surface area contributed by atoms with Crippen LogP contribution in [0.4, 0.5) is 11.4 Å². The van der Waals surface area contributed by atoms with Crippen LogP contribution in [-0.2, 0) is 9.59 Å². The van der Waals surface area contributed by atoms with Crippen molar-refractivity contribution in [2.45, 2.75) is 6.92 Å². The average molecular weight is 344 g/mol. The molecule has 2 rings (SSSR count). The largest absolute Gasteiger partial charge is 0.496 e. The van der Waals surface area contributed by atoms with Crippen LogP contribution in [0.25, 0.3) is 0 Å². The molecule has 0 aliphatic rings. The molecule has 0 aliphatic heterocycles. The number of amides is 2. The maximum Gasteiger partial charge on any atom is 0.262 e. The van der Waals surface area contributed by atoms with Gasteiger partial charge in [-0.05, 0) is 24.3 Å². The van der Waals surface area contributed by atoms with Gasteiger partial charge < -0.3 is 24.8 Å². The SMILES string of the molecule is COc1cc(OC)cc(OCC(=O)Nc2ccc(NC(C)=O)cc2)c1. The number of rotatable bonds is 7. The molecular weight excluding hydrogens is 324 g/mol. The minimum Gasteiger partial charge on any atom is -0.496 e. The summed E-state index contributed by atoms with van der Waals surface area (Å²) in [4.78, 5) is 23.0. The molecule has 7 heteroatoms. The Morgan fingerprint density at radius 3 is 1.80 bits per heavy atom. The second-order valence-corrected chi connectivity index (χ2v) is 5.14. The maximum absolute atomic E-state index is 12.0. The third kappa shape index (κ3) is 5.72. The van der Waals surface area contributed by atoms with Gasteiger partial charge in [0.25, 0.3) is 5.91 Å². The number of nitrogens with one attached hydrogen (secondary N) is 2. The molecule has 0 fully saturated rings. The number of benzene rings is 2. The Labute approximate surface area is 145 Å². The van der Waals surface area contributed by atoms with Crippen molar-refractivity contribution in [3.63, 3.8) is 0 Å². The Bertz CT molecular complexity index is 721. The normalized spacial score (nSPS) is 9.88. The van der Waals surface area contributed by atoms with E-state index in [1.54, 1.807) is 42.5 Å². The van der Waals surface area contributed by atoms with E-state index in [4.69, 9.17) is 14.2 Å². The highest BCUT2D eigenvalue weighted by atomic mass is 16.5. The van der Waals surface area contributed by atoms with Gasteiger partial charge in [0.1, 0.15) is 17.2 Å². The second kappa shape index (κ2) is 8.58. The highest BCUT2D eigenvalue weighted by molar-refractivity contribution is 5.93. The van der Waals surface area contributed by atoms with Crippen LogP contribution in [0.1, 0.15) is 6.92 Å². The predicted molar refractivity (Wildman–Crippen MR) is 94.4 cm³/mol. The Morgan fingerprint density at radius 2 is 1.32 bits per heavy atom. The van der Waals surface area contributed by atoms with Crippen LogP contribution in [0.15, 0.2) is 42.5 Å². The molecule has 0 saturated heterocycles. The number of anilines is 2. The third-order valence-corrected chi connectivity index (χ3v) is 3.18. The number of carbonyl (C=O) groups is 2. The fraction of sp³-hybridized carbons (Fsp3) is 0.222. The summed E-state index contributed by atoms with van der Waals surface area (Å²) in [5, 5.41) is 5.36. The molecule has 0 radical (unpaired) electrons. The molecule has 0 aliphatic carbocycles. The minimum absolute atomic E-state index is 0.154. The van der Waals surface area contributed by atoms with Gasteiger partial charge in [-0.2, -0.15) is 0 Å². The van der Waals surface area contributed by atoms with Gasteiger partial charge in [-0.25, -0.2) is 0 Å². The van der Waals surface area contributed by atoms with Crippen molar-refractivity contribution in [2.75, 3.05) is 31.5 Å². The molecule has 0 aromatic heterocycles. The number of hydrogen-bond acceptors (Lipinski definition) is 5. The van der Waals surface area contributed by atoms with Crippen LogP contribution in [0.2, 0.25) is 0 Å². The van der Waals surface area contributed by atoms with Crippen LogP contribution in [0.5, 0.6) is 17.2 Å². The van der Waals surface area contributed by atoms with Crippen molar-refractivity contribution in [3.8, 4) is 17.2 Å². The summed E-state index contributed by atoms with van der Waals surface area (Å²) < 4.78 is 15.8. The molecular formula is C18H20N2O5. The number of carbonyl (C=O) groups excluding carboxylic acids is 2. The first-order valence-electron chi connectivity index (χ1n) is 7.53. The van der Waals surface area contributed by atoms with E-state index >= 15 is 0 Å². The molecule has 2 N–H and O–H groups in total. The molecule has 2 aromatic rings. The van der Waals surface area contributed by atoms with Crippen LogP contribution in [0.3, 0.4) is 0 Å². The summed E-state index contributed by atoms with van der Waals surface area (Å²) in [6.45, 7) is 1.27. The van der Waals surface area contributed by atoms with Gasteiger partial charge in [-0.15, -0.1) is 0 Å². The zero-order valence-electron chi connectivity index (χ0n) is 14.3. The number of ether oxygens (including phenoxy) is 3. The summed E-state index contributed by atoms with van der Waals surface area (Å²) in [6.07, 6.45) is 0. The second-order valence-electron chi connectivity index (χ2n) is 5.14. The first kappa shape index (κ1) is 18.1. The molecule has 0 atom stereocenters. The molecule has 0 unspecified atom stereocenters. The fourth-order valence-corrected chi connectivity index (χ4v) is 2.05. The molecule has 2 amide bonds.